The SMILES string of the molecule is CN1CCN(CC(NC(=O)c2ccc(SC(F)F)cc2)c2ccccc2)CC1. The molecule has 0 aromatic heterocycles. The lowest BCUT2D eigenvalue weighted by atomic mass is 10.0. The number of halogens is 2. The number of alkyl halides is 2. The van der Waals surface area contributed by atoms with Gasteiger partial charge >= 0.3 is 0 Å². The van der Waals surface area contributed by atoms with Crippen LogP contribution in [0.1, 0.15) is 22.0 Å². The van der Waals surface area contributed by atoms with Gasteiger partial charge in [-0.1, -0.05) is 42.1 Å². The van der Waals surface area contributed by atoms with Gasteiger partial charge in [-0.05, 0) is 36.9 Å². The van der Waals surface area contributed by atoms with Gasteiger partial charge in [-0.15, -0.1) is 0 Å². The molecule has 7 heteroatoms. The number of piperazine rings is 1. The molecule has 1 amide bonds. The van der Waals surface area contributed by atoms with Gasteiger partial charge in [0.25, 0.3) is 11.7 Å². The maximum Gasteiger partial charge on any atom is 0.288 e. The number of carbonyl (C=O) groups excluding carboxylic acids is 1. The second kappa shape index (κ2) is 10.0. The van der Waals surface area contributed by atoms with Crippen molar-refractivity contribution >= 4 is 17.7 Å². The molecule has 1 unspecified atom stereocenters. The highest BCUT2D eigenvalue weighted by Crippen LogP contribution is 2.25. The second-order valence-electron chi connectivity index (χ2n) is 6.94. The first-order valence-electron chi connectivity index (χ1n) is 9.33. The Hall–Kier alpha value is -1.96. The molecule has 0 aliphatic carbocycles. The number of carbonyl (C=O) groups is 1. The average Bonchev–Trinajstić information content (AvgIpc) is 2.70. The largest absolute Gasteiger partial charge is 0.344 e. The first-order chi connectivity index (χ1) is 13.5. The van der Waals surface area contributed by atoms with Gasteiger partial charge in [0.15, 0.2) is 0 Å². The second-order valence-corrected chi connectivity index (χ2v) is 8.01. The molecule has 1 N–H and O–H groups in total. The topological polar surface area (TPSA) is 35.6 Å². The lowest BCUT2D eigenvalue weighted by Crippen LogP contribution is -2.47. The van der Waals surface area contributed by atoms with E-state index in [0.29, 0.717) is 22.2 Å². The predicted molar refractivity (Wildman–Crippen MR) is 109 cm³/mol. The van der Waals surface area contributed by atoms with Crippen LogP contribution in [0.4, 0.5) is 8.78 Å². The van der Waals surface area contributed by atoms with Gasteiger partial charge in [0.1, 0.15) is 0 Å². The van der Waals surface area contributed by atoms with E-state index in [1.807, 2.05) is 30.3 Å². The fraction of sp³-hybridized carbons (Fsp3) is 0.381. The van der Waals surface area contributed by atoms with Crippen LogP contribution in [0.15, 0.2) is 59.5 Å². The number of likely N-dealkylation sites (N-methyl/N-ethyl adjacent to an activating group) is 1. The van der Waals surface area contributed by atoms with Crippen molar-refractivity contribution in [3.63, 3.8) is 0 Å². The van der Waals surface area contributed by atoms with Crippen molar-refractivity contribution in [2.24, 2.45) is 0 Å². The zero-order chi connectivity index (χ0) is 19.9. The van der Waals surface area contributed by atoms with E-state index in [1.54, 1.807) is 24.3 Å². The van der Waals surface area contributed by atoms with Gasteiger partial charge in [-0.3, -0.25) is 9.69 Å². The normalized spacial score (nSPS) is 16.9. The van der Waals surface area contributed by atoms with Crippen LogP contribution in [0.2, 0.25) is 0 Å². The lowest BCUT2D eigenvalue weighted by molar-refractivity contribution is 0.0907. The Bertz CT molecular complexity index is 750. The Labute approximate surface area is 168 Å². The summed E-state index contributed by atoms with van der Waals surface area (Å²) in [6.07, 6.45) is 0. The van der Waals surface area contributed by atoms with Gasteiger partial charge in [0.05, 0.1) is 6.04 Å². The van der Waals surface area contributed by atoms with Crippen LogP contribution in [0.5, 0.6) is 0 Å². The van der Waals surface area contributed by atoms with Gasteiger partial charge in [0, 0.05) is 43.2 Å². The number of nitrogens with one attached hydrogen (secondary N) is 1. The minimum Gasteiger partial charge on any atom is -0.344 e. The summed E-state index contributed by atoms with van der Waals surface area (Å²) in [5.41, 5.74) is 1.53. The molecule has 2 aromatic rings. The van der Waals surface area contributed by atoms with E-state index in [0.717, 1.165) is 38.3 Å². The molecular formula is C21H25F2N3OS. The van der Waals surface area contributed by atoms with Crippen molar-refractivity contribution in [3.05, 3.63) is 65.7 Å². The molecule has 0 spiro atoms. The van der Waals surface area contributed by atoms with Crippen LogP contribution in [-0.4, -0.2) is 61.2 Å². The molecule has 1 fully saturated rings. The van der Waals surface area contributed by atoms with Crippen molar-refractivity contribution in [3.8, 4) is 0 Å². The van der Waals surface area contributed by atoms with Crippen LogP contribution in [0.25, 0.3) is 0 Å². The third-order valence-electron chi connectivity index (χ3n) is 4.89. The van der Waals surface area contributed by atoms with Crippen LogP contribution < -0.4 is 5.32 Å². The standard InChI is InChI=1S/C21H25F2N3OS/c1-25-11-13-26(14-12-25)15-19(16-5-3-2-4-6-16)24-20(27)17-7-9-18(10-8-17)28-21(22)23/h2-10,19,21H,11-15H2,1H3,(H,24,27). The van der Waals surface area contributed by atoms with Crippen molar-refractivity contribution < 1.29 is 13.6 Å². The summed E-state index contributed by atoms with van der Waals surface area (Å²) in [4.78, 5) is 17.9. The summed E-state index contributed by atoms with van der Waals surface area (Å²) >= 11 is 0.477. The zero-order valence-electron chi connectivity index (χ0n) is 15.9. The van der Waals surface area contributed by atoms with Crippen molar-refractivity contribution in [2.75, 3.05) is 39.8 Å². The Balaban J connectivity index is 1.69. The quantitative estimate of drug-likeness (QED) is 0.713. The number of hydrogen-bond acceptors (Lipinski definition) is 4. The van der Waals surface area contributed by atoms with Crippen LogP contribution in [0, 0.1) is 0 Å². The highest BCUT2D eigenvalue weighted by atomic mass is 32.2. The van der Waals surface area contributed by atoms with Gasteiger partial charge in [-0.25, -0.2) is 0 Å². The predicted octanol–water partition coefficient (Wildman–Crippen LogP) is 3.72. The fourth-order valence-corrected chi connectivity index (χ4v) is 3.74. The Morgan fingerprint density at radius 2 is 1.68 bits per heavy atom. The fourth-order valence-electron chi connectivity index (χ4n) is 3.24. The number of thioether (sulfide) groups is 1. The lowest BCUT2D eigenvalue weighted by Gasteiger charge is -2.35. The minimum atomic E-state index is -2.47. The molecule has 28 heavy (non-hydrogen) atoms. The van der Waals surface area contributed by atoms with E-state index in [1.165, 1.54) is 0 Å². The first kappa shape index (κ1) is 20.8. The van der Waals surface area contributed by atoms with Crippen molar-refractivity contribution in [1.82, 2.24) is 15.1 Å². The van der Waals surface area contributed by atoms with Crippen LogP contribution >= 0.6 is 11.8 Å². The average molecular weight is 406 g/mol. The summed E-state index contributed by atoms with van der Waals surface area (Å²) < 4.78 is 24.9. The summed E-state index contributed by atoms with van der Waals surface area (Å²) in [6.45, 7) is 4.70. The summed E-state index contributed by atoms with van der Waals surface area (Å²) in [5.74, 6) is -2.66. The Morgan fingerprint density at radius 3 is 2.29 bits per heavy atom. The molecule has 0 saturated carbocycles. The summed E-state index contributed by atoms with van der Waals surface area (Å²) in [7, 11) is 2.11. The number of rotatable bonds is 7. The van der Waals surface area contributed by atoms with Crippen molar-refractivity contribution in [1.29, 1.82) is 0 Å². The van der Waals surface area contributed by atoms with Gasteiger partial charge < -0.3 is 10.2 Å². The maximum atomic E-state index is 12.8. The van der Waals surface area contributed by atoms with Gasteiger partial charge in [0.2, 0.25) is 0 Å². The molecule has 1 aliphatic rings. The third-order valence-corrected chi connectivity index (χ3v) is 5.61. The van der Waals surface area contributed by atoms with E-state index < -0.39 is 5.76 Å². The monoisotopic (exact) mass is 405 g/mol. The molecule has 150 valence electrons. The third kappa shape index (κ3) is 6.02. The Kier molecular flexibility index (Phi) is 7.42. The van der Waals surface area contributed by atoms with E-state index in [2.05, 4.69) is 22.2 Å². The maximum absolute atomic E-state index is 12.8. The molecule has 4 nitrogen and oxygen atoms in total. The molecule has 1 atom stereocenters. The highest BCUT2D eigenvalue weighted by molar-refractivity contribution is 7.99. The number of amides is 1. The number of hydrogen-bond donors (Lipinski definition) is 1. The smallest absolute Gasteiger partial charge is 0.288 e. The molecule has 0 bridgehead atoms. The minimum absolute atomic E-state index is 0.132. The zero-order valence-corrected chi connectivity index (χ0v) is 16.7. The molecule has 0 radical (unpaired) electrons. The molecule has 1 heterocycles. The first-order valence-corrected chi connectivity index (χ1v) is 10.2. The van der Waals surface area contributed by atoms with Gasteiger partial charge in [-0.2, -0.15) is 8.78 Å². The van der Waals surface area contributed by atoms with Crippen molar-refractivity contribution in [2.45, 2.75) is 16.7 Å². The molecule has 3 rings (SSSR count). The highest BCUT2D eigenvalue weighted by Gasteiger charge is 2.21. The molecule has 1 saturated heterocycles. The summed E-state index contributed by atoms with van der Waals surface area (Å²) in [5, 5.41) is 3.12. The van der Waals surface area contributed by atoms with E-state index in [9.17, 15) is 13.6 Å². The molecule has 2 aromatic carbocycles. The molecule has 1 aliphatic heterocycles. The number of benzene rings is 2. The van der Waals surface area contributed by atoms with Crippen LogP contribution in [0.3, 0.4) is 0 Å². The Morgan fingerprint density at radius 1 is 1.04 bits per heavy atom. The van der Waals surface area contributed by atoms with Crippen LogP contribution in [-0.2, 0) is 0 Å². The molecular weight excluding hydrogens is 380 g/mol. The van der Waals surface area contributed by atoms with E-state index in [-0.39, 0.29) is 11.9 Å². The van der Waals surface area contributed by atoms with E-state index >= 15 is 0 Å². The number of nitrogens with zero attached hydrogens (tertiary/aromatic N) is 2. The van der Waals surface area contributed by atoms with E-state index in [4.69, 9.17) is 0 Å². The summed E-state index contributed by atoms with van der Waals surface area (Å²) in [6, 6.07) is 16.1.